The van der Waals surface area contributed by atoms with Crippen LogP contribution >= 0.6 is 0 Å². The highest BCUT2D eigenvalue weighted by Gasteiger charge is 2.27. The second kappa shape index (κ2) is 6.53. The lowest BCUT2D eigenvalue weighted by Crippen LogP contribution is -2.44. The molecule has 2 heterocycles. The van der Waals surface area contributed by atoms with Crippen molar-refractivity contribution in [2.75, 3.05) is 27.2 Å². The third kappa shape index (κ3) is 3.17. The van der Waals surface area contributed by atoms with Gasteiger partial charge in [-0.2, -0.15) is 0 Å². The van der Waals surface area contributed by atoms with Gasteiger partial charge in [0.15, 0.2) is 0 Å². The summed E-state index contributed by atoms with van der Waals surface area (Å²) in [5.41, 5.74) is 1.60. The van der Waals surface area contributed by atoms with E-state index in [1.165, 1.54) is 6.42 Å². The first kappa shape index (κ1) is 15.1. The maximum Gasteiger partial charge on any atom is 0.254 e. The first-order chi connectivity index (χ1) is 10.6. The molecule has 0 aliphatic carbocycles. The van der Waals surface area contributed by atoms with Crippen LogP contribution in [0.3, 0.4) is 0 Å². The molecule has 118 valence electrons. The van der Waals surface area contributed by atoms with Gasteiger partial charge in [0.2, 0.25) is 0 Å². The summed E-state index contributed by atoms with van der Waals surface area (Å²) in [4.78, 5) is 17.2. The molecule has 1 fully saturated rings. The summed E-state index contributed by atoms with van der Waals surface area (Å²) in [5.74, 6) is 0.159. The molecular weight excluding hydrogens is 276 g/mol. The smallest absolute Gasteiger partial charge is 0.254 e. The third-order valence-corrected chi connectivity index (χ3v) is 4.50. The van der Waals surface area contributed by atoms with Crippen LogP contribution in [0.5, 0.6) is 0 Å². The summed E-state index contributed by atoms with van der Waals surface area (Å²) in [6, 6.07) is 7.99. The van der Waals surface area contributed by atoms with Crippen molar-refractivity contribution in [2.45, 2.75) is 31.7 Å². The normalized spacial score (nSPS) is 19.0. The Morgan fingerprint density at radius 2 is 2.18 bits per heavy atom. The van der Waals surface area contributed by atoms with Gasteiger partial charge >= 0.3 is 0 Å². The number of likely N-dealkylation sites (tertiary alicyclic amines) is 1. The molecule has 1 unspecified atom stereocenters. The lowest BCUT2D eigenvalue weighted by Gasteiger charge is -2.36. The molecule has 22 heavy (non-hydrogen) atoms. The van der Waals surface area contributed by atoms with Crippen molar-refractivity contribution in [3.8, 4) is 0 Å². The lowest BCUT2D eigenvalue weighted by molar-refractivity contribution is 0.0591. The van der Waals surface area contributed by atoms with E-state index in [0.29, 0.717) is 6.04 Å². The third-order valence-electron chi connectivity index (χ3n) is 4.50. The highest BCUT2D eigenvalue weighted by Crippen LogP contribution is 2.24. The van der Waals surface area contributed by atoms with Crippen molar-refractivity contribution in [1.82, 2.24) is 9.80 Å². The fourth-order valence-electron chi connectivity index (χ4n) is 3.24. The van der Waals surface area contributed by atoms with Crippen LogP contribution in [0.25, 0.3) is 11.0 Å². The first-order valence-corrected chi connectivity index (χ1v) is 8.08. The van der Waals surface area contributed by atoms with Gasteiger partial charge in [0.05, 0.1) is 6.26 Å². The Kier molecular flexibility index (Phi) is 4.48. The molecule has 0 saturated carbocycles. The molecule has 1 amide bonds. The number of rotatable bonds is 4. The van der Waals surface area contributed by atoms with Crippen LogP contribution in [0.4, 0.5) is 0 Å². The van der Waals surface area contributed by atoms with Gasteiger partial charge in [-0.3, -0.25) is 4.79 Å². The lowest BCUT2D eigenvalue weighted by atomic mass is 9.97. The fraction of sp³-hybridized carbons (Fsp3) is 0.500. The molecule has 1 aromatic carbocycles. The van der Waals surface area contributed by atoms with E-state index in [2.05, 4.69) is 23.9 Å². The van der Waals surface area contributed by atoms with E-state index in [-0.39, 0.29) is 5.91 Å². The van der Waals surface area contributed by atoms with E-state index in [1.54, 1.807) is 6.26 Å². The number of hydrogen-bond acceptors (Lipinski definition) is 3. The van der Waals surface area contributed by atoms with Gasteiger partial charge < -0.3 is 14.2 Å². The van der Waals surface area contributed by atoms with Crippen LogP contribution in [-0.2, 0) is 0 Å². The standard InChI is InChI=1S/C18H24N2O2/c1-19(2)11-8-16-5-3-4-10-20(16)18(21)15-6-7-17-14(13-15)9-12-22-17/h6-7,9,12-13,16H,3-5,8,10-11H2,1-2H3. The van der Waals surface area contributed by atoms with E-state index in [9.17, 15) is 4.79 Å². The number of benzene rings is 1. The number of carbonyl (C=O) groups is 1. The average molecular weight is 300 g/mol. The van der Waals surface area contributed by atoms with Crippen molar-refractivity contribution in [2.24, 2.45) is 0 Å². The average Bonchev–Trinajstić information content (AvgIpc) is 3.00. The molecular formula is C18H24N2O2. The zero-order chi connectivity index (χ0) is 15.5. The highest BCUT2D eigenvalue weighted by atomic mass is 16.3. The molecule has 1 aliphatic rings. The zero-order valence-electron chi connectivity index (χ0n) is 13.4. The summed E-state index contributed by atoms with van der Waals surface area (Å²) in [7, 11) is 4.17. The van der Waals surface area contributed by atoms with Crippen molar-refractivity contribution in [3.63, 3.8) is 0 Å². The quantitative estimate of drug-likeness (QED) is 0.868. The Bertz CT molecular complexity index is 647. The summed E-state index contributed by atoms with van der Waals surface area (Å²) < 4.78 is 5.35. The predicted molar refractivity (Wildman–Crippen MR) is 88.1 cm³/mol. The van der Waals surface area contributed by atoms with Crippen LogP contribution < -0.4 is 0 Å². The van der Waals surface area contributed by atoms with E-state index < -0.39 is 0 Å². The molecule has 0 spiro atoms. The van der Waals surface area contributed by atoms with E-state index in [4.69, 9.17) is 4.42 Å². The Hall–Kier alpha value is -1.81. The number of piperidine rings is 1. The second-order valence-electron chi connectivity index (χ2n) is 6.41. The maximum absolute atomic E-state index is 12.9. The fourth-order valence-corrected chi connectivity index (χ4v) is 3.24. The number of fused-ring (bicyclic) bond motifs is 1. The Balaban J connectivity index is 1.78. The summed E-state index contributed by atoms with van der Waals surface area (Å²) in [6.07, 6.45) is 6.17. The van der Waals surface area contributed by atoms with Crippen molar-refractivity contribution >= 4 is 16.9 Å². The minimum absolute atomic E-state index is 0.159. The Morgan fingerprint density at radius 3 is 3.00 bits per heavy atom. The van der Waals surface area contributed by atoms with Crippen LogP contribution in [0, 0.1) is 0 Å². The van der Waals surface area contributed by atoms with Crippen LogP contribution in [0.1, 0.15) is 36.0 Å². The molecule has 1 atom stereocenters. The van der Waals surface area contributed by atoms with Crippen LogP contribution in [0.15, 0.2) is 34.9 Å². The largest absolute Gasteiger partial charge is 0.464 e. The van der Waals surface area contributed by atoms with Gasteiger partial charge in [-0.25, -0.2) is 0 Å². The molecule has 1 aromatic heterocycles. The van der Waals surface area contributed by atoms with E-state index >= 15 is 0 Å². The van der Waals surface area contributed by atoms with Crippen LogP contribution in [-0.4, -0.2) is 48.9 Å². The van der Waals surface area contributed by atoms with Crippen molar-refractivity contribution in [1.29, 1.82) is 0 Å². The number of amides is 1. The zero-order valence-corrected chi connectivity index (χ0v) is 13.4. The van der Waals surface area contributed by atoms with Crippen LogP contribution in [0.2, 0.25) is 0 Å². The molecule has 4 heteroatoms. The predicted octanol–water partition coefficient (Wildman–Crippen LogP) is 3.38. The maximum atomic E-state index is 12.9. The van der Waals surface area contributed by atoms with E-state index in [0.717, 1.165) is 48.9 Å². The monoisotopic (exact) mass is 300 g/mol. The van der Waals surface area contributed by atoms with Gasteiger partial charge in [0, 0.05) is 23.5 Å². The minimum atomic E-state index is 0.159. The topological polar surface area (TPSA) is 36.7 Å². The minimum Gasteiger partial charge on any atom is -0.464 e. The summed E-state index contributed by atoms with van der Waals surface area (Å²) >= 11 is 0. The molecule has 2 aromatic rings. The number of furan rings is 1. The molecule has 0 N–H and O–H groups in total. The van der Waals surface area contributed by atoms with Gasteiger partial charge in [-0.05, 0) is 70.6 Å². The number of hydrogen-bond donors (Lipinski definition) is 0. The summed E-state index contributed by atoms with van der Waals surface area (Å²) in [6.45, 7) is 1.90. The Labute approximate surface area is 131 Å². The number of nitrogens with zero attached hydrogens (tertiary/aromatic N) is 2. The molecule has 3 rings (SSSR count). The van der Waals surface area contributed by atoms with Gasteiger partial charge in [0.1, 0.15) is 5.58 Å². The molecule has 0 radical (unpaired) electrons. The summed E-state index contributed by atoms with van der Waals surface area (Å²) in [5, 5.41) is 0.993. The second-order valence-corrected chi connectivity index (χ2v) is 6.41. The molecule has 1 aliphatic heterocycles. The molecule has 0 bridgehead atoms. The molecule has 1 saturated heterocycles. The van der Waals surface area contributed by atoms with Gasteiger partial charge in [-0.15, -0.1) is 0 Å². The SMILES string of the molecule is CN(C)CCC1CCCCN1C(=O)c1ccc2occc2c1. The number of carbonyl (C=O) groups excluding carboxylic acids is 1. The highest BCUT2D eigenvalue weighted by molar-refractivity contribution is 5.98. The molecule has 4 nitrogen and oxygen atoms in total. The van der Waals surface area contributed by atoms with Gasteiger partial charge in [0.25, 0.3) is 5.91 Å². The van der Waals surface area contributed by atoms with Gasteiger partial charge in [-0.1, -0.05) is 0 Å². The first-order valence-electron chi connectivity index (χ1n) is 8.08. The Morgan fingerprint density at radius 1 is 1.32 bits per heavy atom. The van der Waals surface area contributed by atoms with Crippen molar-refractivity contribution < 1.29 is 9.21 Å². The van der Waals surface area contributed by atoms with Crippen molar-refractivity contribution in [3.05, 3.63) is 36.1 Å². The van der Waals surface area contributed by atoms with E-state index in [1.807, 2.05) is 24.3 Å².